The third-order valence-corrected chi connectivity index (χ3v) is 8.23. The third-order valence-electron chi connectivity index (χ3n) is 8.23. The Bertz CT molecular complexity index is 1460. The van der Waals surface area contributed by atoms with Gasteiger partial charge in [-0.25, -0.2) is 4.98 Å². The first-order valence-corrected chi connectivity index (χ1v) is 13.4. The molecule has 0 spiro atoms. The lowest BCUT2D eigenvalue weighted by molar-refractivity contribution is -0.146. The molecule has 0 aliphatic carbocycles. The quantitative estimate of drug-likeness (QED) is 0.445. The minimum absolute atomic E-state index is 0.0739. The number of aryl methyl sites for hydroxylation is 1. The lowest BCUT2D eigenvalue weighted by Crippen LogP contribution is -2.55. The number of hydrogen-bond acceptors (Lipinski definition) is 5. The van der Waals surface area contributed by atoms with Crippen LogP contribution >= 0.6 is 0 Å². The Balaban J connectivity index is 1.68. The van der Waals surface area contributed by atoms with E-state index in [0.29, 0.717) is 29.1 Å². The van der Waals surface area contributed by atoms with E-state index in [9.17, 15) is 14.9 Å². The van der Waals surface area contributed by atoms with Crippen molar-refractivity contribution in [2.75, 3.05) is 19.0 Å². The number of carbonyl (C=O) groups is 2. The first-order chi connectivity index (χ1) is 18.3. The van der Waals surface area contributed by atoms with E-state index in [-0.39, 0.29) is 34.6 Å². The van der Waals surface area contributed by atoms with Gasteiger partial charge in [-0.05, 0) is 61.8 Å². The Morgan fingerprint density at radius 3 is 2.62 bits per heavy atom. The van der Waals surface area contributed by atoms with Gasteiger partial charge in [0.05, 0.1) is 30.3 Å². The van der Waals surface area contributed by atoms with Gasteiger partial charge < -0.3 is 19.5 Å². The summed E-state index contributed by atoms with van der Waals surface area (Å²) in [4.78, 5) is 33.2. The zero-order valence-electron chi connectivity index (χ0n) is 24.3. The molecular weight excluding hydrogens is 490 g/mol. The molecule has 0 bridgehead atoms. The van der Waals surface area contributed by atoms with Gasteiger partial charge in [-0.3, -0.25) is 9.59 Å². The molecule has 3 aromatic rings. The number of nitriles is 1. The molecule has 2 atom stereocenters. The van der Waals surface area contributed by atoms with Gasteiger partial charge in [0.1, 0.15) is 11.3 Å². The third kappa shape index (κ3) is 5.36. The van der Waals surface area contributed by atoms with Crippen LogP contribution in [-0.4, -0.2) is 45.5 Å². The Hall–Kier alpha value is -3.86. The number of benzene rings is 1. The molecular formula is C31H39N5O3. The molecule has 8 heteroatoms. The van der Waals surface area contributed by atoms with Crippen molar-refractivity contribution in [1.29, 1.82) is 5.26 Å². The van der Waals surface area contributed by atoms with Crippen molar-refractivity contribution < 1.29 is 14.3 Å². The normalized spacial score (nSPS) is 17.9. The van der Waals surface area contributed by atoms with Gasteiger partial charge in [-0.1, -0.05) is 33.8 Å². The molecule has 8 nitrogen and oxygen atoms in total. The van der Waals surface area contributed by atoms with Crippen molar-refractivity contribution in [2.24, 2.45) is 18.4 Å². The van der Waals surface area contributed by atoms with Crippen molar-refractivity contribution >= 4 is 28.5 Å². The molecule has 206 valence electrons. The highest BCUT2D eigenvalue weighted by Crippen LogP contribution is 2.45. The molecule has 1 aromatic carbocycles. The maximum absolute atomic E-state index is 13.5. The van der Waals surface area contributed by atoms with E-state index >= 15 is 0 Å². The van der Waals surface area contributed by atoms with Gasteiger partial charge in [0.2, 0.25) is 5.91 Å². The SMILES string of the molecule is COc1c(NC(=O)c2cccc(C#N)c2)cnc2c1c([C@@H]1CCN(C(=O)[C@@H](C)C(C)(C)C)C(C)(C)C1)cn2C. The molecule has 1 N–H and O–H groups in total. The summed E-state index contributed by atoms with van der Waals surface area (Å²) < 4.78 is 7.87. The highest BCUT2D eigenvalue weighted by Gasteiger charge is 2.42. The Labute approximate surface area is 231 Å². The number of anilines is 1. The van der Waals surface area contributed by atoms with E-state index in [4.69, 9.17) is 4.74 Å². The average Bonchev–Trinajstić information content (AvgIpc) is 3.23. The molecule has 0 saturated carbocycles. The van der Waals surface area contributed by atoms with Crippen LogP contribution in [0.2, 0.25) is 0 Å². The molecule has 2 aromatic heterocycles. The molecule has 39 heavy (non-hydrogen) atoms. The number of amides is 2. The standard InChI is InChI=1S/C31H39N5O3/c1-19(30(2,3)4)29(38)36-13-12-22(15-31(36,5)6)23-18-35(7)27-25(23)26(39-8)24(17-33-27)34-28(37)21-11-9-10-20(14-21)16-32/h9-11,14,17-19,22H,12-13,15H2,1-8H3,(H,34,37)/t19-,22-/m1/s1. The largest absolute Gasteiger partial charge is 0.494 e. The van der Waals surface area contributed by atoms with Crippen LogP contribution in [0.15, 0.2) is 36.7 Å². The zero-order valence-corrected chi connectivity index (χ0v) is 24.3. The first kappa shape index (κ1) is 28.2. The van der Waals surface area contributed by atoms with Gasteiger partial charge in [0, 0.05) is 36.8 Å². The highest BCUT2D eigenvalue weighted by molar-refractivity contribution is 6.07. The minimum atomic E-state index is -0.343. The lowest BCUT2D eigenvalue weighted by atomic mass is 9.76. The summed E-state index contributed by atoms with van der Waals surface area (Å²) >= 11 is 0. The van der Waals surface area contributed by atoms with Gasteiger partial charge in [0.25, 0.3) is 5.91 Å². The molecule has 1 aliphatic rings. The Morgan fingerprint density at radius 2 is 2.00 bits per heavy atom. The van der Waals surface area contributed by atoms with Gasteiger partial charge in [0.15, 0.2) is 5.75 Å². The van der Waals surface area contributed by atoms with Crippen LogP contribution < -0.4 is 10.1 Å². The fourth-order valence-electron chi connectivity index (χ4n) is 5.56. The van der Waals surface area contributed by atoms with Gasteiger partial charge >= 0.3 is 0 Å². The predicted octanol–water partition coefficient (Wildman–Crippen LogP) is 5.87. The number of aromatic nitrogens is 2. The molecule has 4 rings (SSSR count). The highest BCUT2D eigenvalue weighted by atomic mass is 16.5. The summed E-state index contributed by atoms with van der Waals surface area (Å²) in [5.41, 5.74) is 2.71. The maximum atomic E-state index is 13.5. The van der Waals surface area contributed by atoms with Crippen LogP contribution in [0, 0.1) is 22.7 Å². The van der Waals surface area contributed by atoms with Gasteiger partial charge in [-0.2, -0.15) is 5.26 Å². The van der Waals surface area contributed by atoms with Crippen molar-refractivity contribution in [3.63, 3.8) is 0 Å². The van der Waals surface area contributed by atoms with Crippen molar-refractivity contribution in [3.05, 3.63) is 53.3 Å². The van der Waals surface area contributed by atoms with Crippen molar-refractivity contribution in [3.8, 4) is 11.8 Å². The van der Waals surface area contributed by atoms with Crippen LogP contribution in [0.3, 0.4) is 0 Å². The van der Waals surface area contributed by atoms with Crippen molar-refractivity contribution in [2.45, 2.75) is 65.8 Å². The number of rotatable bonds is 5. The number of methoxy groups -OCH3 is 1. The summed E-state index contributed by atoms with van der Waals surface area (Å²) in [5.74, 6) is 0.526. The molecule has 1 saturated heterocycles. The zero-order chi connectivity index (χ0) is 28.7. The van der Waals surface area contributed by atoms with Crippen LogP contribution in [0.4, 0.5) is 5.69 Å². The Kier molecular flexibility index (Phi) is 7.48. The smallest absolute Gasteiger partial charge is 0.255 e. The van der Waals surface area contributed by atoms with E-state index in [1.54, 1.807) is 37.6 Å². The second kappa shape index (κ2) is 10.4. The number of fused-ring (bicyclic) bond motifs is 1. The number of likely N-dealkylation sites (tertiary alicyclic amines) is 1. The molecule has 2 amide bonds. The summed E-state index contributed by atoms with van der Waals surface area (Å²) in [6.07, 6.45) is 5.33. The van der Waals surface area contributed by atoms with E-state index in [1.807, 2.05) is 18.5 Å². The summed E-state index contributed by atoms with van der Waals surface area (Å²) in [6, 6.07) is 8.63. The number of nitrogens with zero attached hydrogens (tertiary/aromatic N) is 4. The second-order valence-electron chi connectivity index (χ2n) is 12.3. The molecule has 3 heterocycles. The van der Waals surface area contributed by atoms with Gasteiger partial charge in [-0.15, -0.1) is 0 Å². The van der Waals surface area contributed by atoms with E-state index in [2.05, 4.69) is 62.1 Å². The van der Waals surface area contributed by atoms with Crippen LogP contribution in [0.5, 0.6) is 5.75 Å². The molecule has 1 fully saturated rings. The van der Waals surface area contributed by atoms with E-state index < -0.39 is 0 Å². The topological polar surface area (TPSA) is 100 Å². The fourth-order valence-corrected chi connectivity index (χ4v) is 5.56. The monoisotopic (exact) mass is 529 g/mol. The van der Waals surface area contributed by atoms with Crippen molar-refractivity contribution in [1.82, 2.24) is 14.5 Å². The number of pyridine rings is 1. The summed E-state index contributed by atoms with van der Waals surface area (Å²) in [5, 5.41) is 13.0. The van der Waals surface area contributed by atoms with E-state index in [1.165, 1.54) is 0 Å². The van der Waals surface area contributed by atoms with Crippen LogP contribution in [0.25, 0.3) is 11.0 Å². The number of carbonyl (C=O) groups excluding carboxylic acids is 2. The first-order valence-electron chi connectivity index (χ1n) is 13.4. The molecule has 1 aliphatic heterocycles. The molecule has 0 radical (unpaired) electrons. The number of ether oxygens (including phenoxy) is 1. The van der Waals surface area contributed by atoms with E-state index in [0.717, 1.165) is 29.4 Å². The second-order valence-corrected chi connectivity index (χ2v) is 12.3. The predicted molar refractivity (Wildman–Crippen MR) is 153 cm³/mol. The number of piperidine rings is 1. The number of hydrogen-bond donors (Lipinski definition) is 1. The Morgan fingerprint density at radius 1 is 1.28 bits per heavy atom. The minimum Gasteiger partial charge on any atom is -0.494 e. The maximum Gasteiger partial charge on any atom is 0.255 e. The van der Waals surface area contributed by atoms with Crippen LogP contribution in [0.1, 0.15) is 81.8 Å². The lowest BCUT2D eigenvalue weighted by Gasteiger charge is -2.48. The summed E-state index contributed by atoms with van der Waals surface area (Å²) in [7, 11) is 3.55. The summed E-state index contributed by atoms with van der Waals surface area (Å²) in [6.45, 7) is 13.3. The molecule has 0 unspecified atom stereocenters. The number of nitrogens with one attached hydrogen (secondary N) is 1. The van der Waals surface area contributed by atoms with Crippen LogP contribution in [-0.2, 0) is 11.8 Å². The fraction of sp³-hybridized carbons (Fsp3) is 0.484. The average molecular weight is 530 g/mol.